The van der Waals surface area contributed by atoms with Gasteiger partial charge >= 0.3 is 0 Å². The summed E-state index contributed by atoms with van der Waals surface area (Å²) in [6.07, 6.45) is 4.64. The van der Waals surface area contributed by atoms with Crippen molar-refractivity contribution in [3.63, 3.8) is 0 Å². The fourth-order valence-corrected chi connectivity index (χ4v) is 3.52. The van der Waals surface area contributed by atoms with Crippen molar-refractivity contribution in [1.82, 2.24) is 19.5 Å². The van der Waals surface area contributed by atoms with Crippen molar-refractivity contribution >= 4 is 33.0 Å². The molecule has 0 spiro atoms. The van der Waals surface area contributed by atoms with E-state index in [9.17, 15) is 8.42 Å². The number of hydrogen-bond acceptors (Lipinski definition) is 5. The van der Waals surface area contributed by atoms with Crippen molar-refractivity contribution in [1.29, 1.82) is 0 Å². The standard InChI is InChI=1S/C8H9ClN4O2S2/c9-8-10-6-7(16-8)17(14,15)12-3-5-13-4-1-2-11-13/h1-2,4,6,12H,3,5H2. The fraction of sp³-hybridized carbons (Fsp3) is 0.250. The summed E-state index contributed by atoms with van der Waals surface area (Å²) in [6, 6.07) is 1.78. The lowest BCUT2D eigenvalue weighted by molar-refractivity contribution is 0.562. The van der Waals surface area contributed by atoms with Gasteiger partial charge in [-0.2, -0.15) is 5.10 Å². The zero-order valence-corrected chi connectivity index (χ0v) is 11.0. The zero-order chi connectivity index (χ0) is 12.3. The van der Waals surface area contributed by atoms with Crippen LogP contribution in [0.15, 0.2) is 28.9 Å². The molecule has 0 bridgehead atoms. The molecular formula is C8H9ClN4O2S2. The molecule has 1 N–H and O–H groups in total. The summed E-state index contributed by atoms with van der Waals surface area (Å²) < 4.78 is 27.9. The molecule has 6 nitrogen and oxygen atoms in total. The highest BCUT2D eigenvalue weighted by Gasteiger charge is 2.16. The third-order valence-corrected chi connectivity index (χ3v) is 4.95. The third kappa shape index (κ3) is 3.25. The van der Waals surface area contributed by atoms with Gasteiger partial charge in [0.05, 0.1) is 12.7 Å². The molecule has 17 heavy (non-hydrogen) atoms. The molecule has 2 heterocycles. The minimum Gasteiger partial charge on any atom is -0.271 e. The number of aromatic nitrogens is 3. The van der Waals surface area contributed by atoms with Crippen LogP contribution in [0.3, 0.4) is 0 Å². The minimum absolute atomic E-state index is 0.114. The Bertz CT molecular complexity index is 578. The van der Waals surface area contributed by atoms with E-state index in [4.69, 9.17) is 11.6 Å². The summed E-state index contributed by atoms with van der Waals surface area (Å²) in [5.41, 5.74) is 0. The SMILES string of the molecule is O=S(=O)(NCCn1cccn1)c1cnc(Cl)s1. The Morgan fingerprint density at radius 3 is 2.94 bits per heavy atom. The molecule has 0 atom stereocenters. The van der Waals surface area contributed by atoms with Crippen molar-refractivity contribution in [2.75, 3.05) is 6.54 Å². The van der Waals surface area contributed by atoms with Gasteiger partial charge in [0.1, 0.15) is 0 Å². The Kier molecular flexibility index (Phi) is 3.77. The Morgan fingerprint density at radius 1 is 1.53 bits per heavy atom. The molecule has 2 aromatic heterocycles. The number of nitrogens with zero attached hydrogens (tertiary/aromatic N) is 3. The molecule has 0 fully saturated rings. The Hall–Kier alpha value is -0.960. The van der Waals surface area contributed by atoms with Crippen LogP contribution in [-0.2, 0) is 16.6 Å². The van der Waals surface area contributed by atoms with Crippen LogP contribution in [-0.4, -0.2) is 29.7 Å². The predicted molar refractivity (Wildman–Crippen MR) is 64.5 cm³/mol. The van der Waals surface area contributed by atoms with Crippen LogP contribution < -0.4 is 4.72 Å². The molecule has 0 aliphatic carbocycles. The van der Waals surface area contributed by atoms with E-state index in [-0.39, 0.29) is 15.2 Å². The Morgan fingerprint density at radius 2 is 2.35 bits per heavy atom. The summed E-state index contributed by atoms with van der Waals surface area (Å²) >= 11 is 6.51. The highest BCUT2D eigenvalue weighted by molar-refractivity contribution is 7.91. The summed E-state index contributed by atoms with van der Waals surface area (Å²) in [6.45, 7) is 0.734. The van der Waals surface area contributed by atoms with E-state index in [1.807, 2.05) is 0 Å². The van der Waals surface area contributed by atoms with Gasteiger partial charge in [0.2, 0.25) is 0 Å². The Balaban J connectivity index is 1.94. The van der Waals surface area contributed by atoms with Crippen LogP contribution in [0.1, 0.15) is 0 Å². The van der Waals surface area contributed by atoms with Crippen molar-refractivity contribution in [3.05, 3.63) is 29.1 Å². The van der Waals surface area contributed by atoms with E-state index in [1.165, 1.54) is 6.20 Å². The summed E-state index contributed by atoms with van der Waals surface area (Å²) in [5.74, 6) is 0. The number of hydrogen-bond donors (Lipinski definition) is 1. The average molecular weight is 293 g/mol. The van der Waals surface area contributed by atoms with Crippen molar-refractivity contribution < 1.29 is 8.42 Å². The molecule has 92 valence electrons. The topological polar surface area (TPSA) is 76.9 Å². The van der Waals surface area contributed by atoms with Gasteiger partial charge in [0.15, 0.2) is 8.68 Å². The Labute approximate surface area is 107 Å². The maximum absolute atomic E-state index is 11.7. The molecule has 0 radical (unpaired) electrons. The lowest BCUT2D eigenvalue weighted by atomic mass is 10.6. The largest absolute Gasteiger partial charge is 0.271 e. The quantitative estimate of drug-likeness (QED) is 0.891. The highest BCUT2D eigenvalue weighted by atomic mass is 35.5. The number of halogens is 1. The normalized spacial score (nSPS) is 11.8. The van der Waals surface area contributed by atoms with Gasteiger partial charge in [0, 0.05) is 18.9 Å². The van der Waals surface area contributed by atoms with Crippen LogP contribution in [0, 0.1) is 0 Å². The summed E-state index contributed by atoms with van der Waals surface area (Å²) in [4.78, 5) is 3.69. The second-order valence-corrected chi connectivity index (χ2v) is 6.71. The molecule has 0 aliphatic heterocycles. The van der Waals surface area contributed by atoms with Gasteiger partial charge in [-0.3, -0.25) is 4.68 Å². The maximum atomic E-state index is 11.7. The molecule has 0 unspecified atom stereocenters. The van der Waals surface area contributed by atoms with Crippen LogP contribution >= 0.6 is 22.9 Å². The van der Waals surface area contributed by atoms with Gasteiger partial charge in [-0.1, -0.05) is 22.9 Å². The van der Waals surface area contributed by atoms with E-state index in [2.05, 4.69) is 14.8 Å². The second-order valence-electron chi connectivity index (χ2n) is 3.10. The van der Waals surface area contributed by atoms with Crippen LogP contribution in [0.4, 0.5) is 0 Å². The first-order chi connectivity index (χ1) is 8.08. The predicted octanol–water partition coefficient (Wildman–Crippen LogP) is 0.971. The van der Waals surface area contributed by atoms with Gasteiger partial charge < -0.3 is 0 Å². The van der Waals surface area contributed by atoms with E-state index in [0.29, 0.717) is 6.54 Å². The number of sulfonamides is 1. The van der Waals surface area contributed by atoms with Crippen molar-refractivity contribution in [2.45, 2.75) is 10.8 Å². The van der Waals surface area contributed by atoms with E-state index < -0.39 is 10.0 Å². The third-order valence-electron chi connectivity index (χ3n) is 1.91. The fourth-order valence-electron chi connectivity index (χ4n) is 1.16. The van der Waals surface area contributed by atoms with E-state index in [1.54, 1.807) is 23.1 Å². The highest BCUT2D eigenvalue weighted by Crippen LogP contribution is 2.21. The molecule has 2 rings (SSSR count). The molecule has 0 aliphatic rings. The molecule has 0 amide bonds. The molecule has 0 aromatic carbocycles. The second kappa shape index (κ2) is 5.13. The average Bonchev–Trinajstić information content (AvgIpc) is 2.89. The lowest BCUT2D eigenvalue weighted by Crippen LogP contribution is -2.26. The molecule has 2 aromatic rings. The zero-order valence-electron chi connectivity index (χ0n) is 8.58. The van der Waals surface area contributed by atoms with Crippen molar-refractivity contribution in [3.8, 4) is 0 Å². The number of nitrogens with one attached hydrogen (secondary N) is 1. The van der Waals surface area contributed by atoms with E-state index >= 15 is 0 Å². The van der Waals surface area contributed by atoms with Crippen LogP contribution in [0.25, 0.3) is 0 Å². The van der Waals surface area contributed by atoms with Gasteiger partial charge in [0.25, 0.3) is 10.0 Å². The first-order valence-corrected chi connectivity index (χ1v) is 7.34. The number of thiazole rings is 1. The van der Waals surface area contributed by atoms with Gasteiger partial charge in [-0.05, 0) is 6.07 Å². The van der Waals surface area contributed by atoms with Gasteiger partial charge in [-0.15, -0.1) is 0 Å². The molecule has 0 saturated heterocycles. The smallest absolute Gasteiger partial charge is 0.251 e. The first-order valence-electron chi connectivity index (χ1n) is 4.66. The number of rotatable bonds is 5. The van der Waals surface area contributed by atoms with Crippen molar-refractivity contribution in [2.24, 2.45) is 0 Å². The molecular weight excluding hydrogens is 284 g/mol. The maximum Gasteiger partial charge on any atom is 0.251 e. The minimum atomic E-state index is -3.51. The first kappa shape index (κ1) is 12.5. The monoisotopic (exact) mass is 292 g/mol. The van der Waals surface area contributed by atoms with Crippen LogP contribution in [0.5, 0.6) is 0 Å². The van der Waals surface area contributed by atoms with Crippen LogP contribution in [0.2, 0.25) is 4.47 Å². The lowest BCUT2D eigenvalue weighted by Gasteiger charge is -2.04. The van der Waals surface area contributed by atoms with Gasteiger partial charge in [-0.25, -0.2) is 18.1 Å². The molecule has 9 heteroatoms. The summed E-state index contributed by atoms with van der Waals surface area (Å²) in [7, 11) is -3.51. The summed E-state index contributed by atoms with van der Waals surface area (Å²) in [5, 5.41) is 3.96. The van der Waals surface area contributed by atoms with E-state index in [0.717, 1.165) is 11.3 Å². The molecule has 0 saturated carbocycles.